The predicted molar refractivity (Wildman–Crippen MR) is 84.0 cm³/mol. The van der Waals surface area contributed by atoms with Crippen LogP contribution in [0.4, 0.5) is 0 Å². The third-order valence-corrected chi connectivity index (χ3v) is 4.20. The molecule has 1 saturated carbocycles. The summed E-state index contributed by atoms with van der Waals surface area (Å²) in [7, 11) is 3.74. The van der Waals surface area contributed by atoms with Crippen molar-refractivity contribution in [3.05, 3.63) is 24.3 Å². The molecule has 0 amide bonds. The molecule has 4 nitrogen and oxygen atoms in total. The van der Waals surface area contributed by atoms with Crippen molar-refractivity contribution in [1.82, 2.24) is 4.90 Å². The fourth-order valence-electron chi connectivity index (χ4n) is 2.92. The van der Waals surface area contributed by atoms with Crippen molar-refractivity contribution in [2.24, 2.45) is 0 Å². The zero-order chi connectivity index (χ0) is 15.1. The Labute approximate surface area is 127 Å². The molecule has 1 atom stereocenters. The summed E-state index contributed by atoms with van der Waals surface area (Å²) in [6.07, 6.45) is 6.03. The van der Waals surface area contributed by atoms with Crippen molar-refractivity contribution >= 4 is 0 Å². The Balaban J connectivity index is 1.71. The molecule has 0 unspecified atom stereocenters. The molecule has 4 heteroatoms. The van der Waals surface area contributed by atoms with Crippen LogP contribution in [-0.2, 0) is 0 Å². The van der Waals surface area contributed by atoms with Crippen molar-refractivity contribution < 1.29 is 14.6 Å². The lowest BCUT2D eigenvalue weighted by Crippen LogP contribution is -2.40. The van der Waals surface area contributed by atoms with Crippen LogP contribution in [0.25, 0.3) is 0 Å². The second-order valence-corrected chi connectivity index (χ2v) is 5.87. The van der Waals surface area contributed by atoms with E-state index in [1.165, 1.54) is 32.1 Å². The molecule has 0 radical (unpaired) electrons. The summed E-state index contributed by atoms with van der Waals surface area (Å²) in [6, 6.07) is 8.05. The molecule has 0 spiro atoms. The lowest BCUT2D eigenvalue weighted by atomic mass is 9.94. The minimum absolute atomic E-state index is 0.323. The topological polar surface area (TPSA) is 41.9 Å². The van der Waals surface area contributed by atoms with Gasteiger partial charge in [-0.25, -0.2) is 0 Å². The summed E-state index contributed by atoms with van der Waals surface area (Å²) in [5, 5.41) is 10.1. The molecule has 1 N–H and O–H groups in total. The number of aliphatic hydroxyl groups excluding tert-OH is 1. The van der Waals surface area contributed by atoms with E-state index >= 15 is 0 Å². The maximum absolute atomic E-state index is 10.1. The largest absolute Gasteiger partial charge is 0.497 e. The van der Waals surface area contributed by atoms with Crippen LogP contribution in [0, 0.1) is 0 Å². The van der Waals surface area contributed by atoms with Crippen LogP contribution in [-0.4, -0.2) is 49.5 Å². The first-order valence-corrected chi connectivity index (χ1v) is 7.84. The highest BCUT2D eigenvalue weighted by molar-refractivity contribution is 5.31. The molecule has 21 heavy (non-hydrogen) atoms. The van der Waals surface area contributed by atoms with Crippen molar-refractivity contribution in [3.8, 4) is 11.5 Å². The number of hydrogen-bond acceptors (Lipinski definition) is 4. The van der Waals surface area contributed by atoms with Crippen molar-refractivity contribution in [2.45, 2.75) is 44.2 Å². The standard InChI is InChI=1S/C17H27NO3/c1-18(14-6-4-3-5-7-14)12-15(19)13-21-17-10-8-16(20-2)9-11-17/h8-11,14-15,19H,3-7,12-13H2,1-2H3/t15-/m1/s1. The minimum atomic E-state index is -0.459. The summed E-state index contributed by atoms with van der Waals surface area (Å²) in [4.78, 5) is 2.28. The van der Waals surface area contributed by atoms with Gasteiger partial charge in [-0.05, 0) is 44.2 Å². The number of nitrogens with zero attached hydrogens (tertiary/aromatic N) is 1. The SMILES string of the molecule is COc1ccc(OC[C@H](O)CN(C)C2CCCCC2)cc1. The maximum Gasteiger partial charge on any atom is 0.119 e. The molecule has 2 rings (SSSR count). The Morgan fingerprint density at radius 3 is 2.38 bits per heavy atom. The van der Waals surface area contributed by atoms with Gasteiger partial charge in [-0.2, -0.15) is 0 Å². The zero-order valence-electron chi connectivity index (χ0n) is 13.1. The molecule has 0 aliphatic heterocycles. The summed E-state index contributed by atoms with van der Waals surface area (Å²) < 4.78 is 10.7. The van der Waals surface area contributed by atoms with Gasteiger partial charge < -0.3 is 19.5 Å². The van der Waals surface area contributed by atoms with E-state index in [1.54, 1.807) is 7.11 Å². The molecule has 118 valence electrons. The van der Waals surface area contributed by atoms with E-state index in [0.717, 1.165) is 11.5 Å². The van der Waals surface area contributed by atoms with Gasteiger partial charge in [0.25, 0.3) is 0 Å². The molecule has 1 aliphatic rings. The minimum Gasteiger partial charge on any atom is -0.497 e. The van der Waals surface area contributed by atoms with Gasteiger partial charge >= 0.3 is 0 Å². The second-order valence-electron chi connectivity index (χ2n) is 5.87. The molecule has 0 bridgehead atoms. The fourth-order valence-corrected chi connectivity index (χ4v) is 2.92. The van der Waals surface area contributed by atoms with E-state index in [0.29, 0.717) is 19.2 Å². The third-order valence-electron chi connectivity index (χ3n) is 4.20. The van der Waals surface area contributed by atoms with E-state index < -0.39 is 6.10 Å². The van der Waals surface area contributed by atoms with E-state index in [9.17, 15) is 5.11 Å². The predicted octanol–water partition coefficient (Wildman–Crippen LogP) is 2.70. The van der Waals surface area contributed by atoms with Crippen LogP contribution in [0.1, 0.15) is 32.1 Å². The molecule has 1 aliphatic carbocycles. The van der Waals surface area contributed by atoms with Gasteiger partial charge in [0.05, 0.1) is 7.11 Å². The Morgan fingerprint density at radius 1 is 1.14 bits per heavy atom. The highest BCUT2D eigenvalue weighted by Crippen LogP contribution is 2.22. The van der Waals surface area contributed by atoms with Crippen molar-refractivity contribution in [3.63, 3.8) is 0 Å². The summed E-state index contributed by atoms with van der Waals surface area (Å²) in [5.41, 5.74) is 0. The number of hydrogen-bond donors (Lipinski definition) is 1. The van der Waals surface area contributed by atoms with Crippen LogP contribution >= 0.6 is 0 Å². The molecular weight excluding hydrogens is 266 g/mol. The van der Waals surface area contributed by atoms with Crippen LogP contribution in [0.3, 0.4) is 0 Å². The van der Waals surface area contributed by atoms with Crippen LogP contribution in [0.2, 0.25) is 0 Å². The summed E-state index contributed by atoms with van der Waals surface area (Å²) in [5.74, 6) is 1.56. The molecule has 1 aromatic carbocycles. The Hall–Kier alpha value is -1.26. The molecule has 0 saturated heterocycles. The third kappa shape index (κ3) is 5.21. The van der Waals surface area contributed by atoms with E-state index in [2.05, 4.69) is 11.9 Å². The smallest absolute Gasteiger partial charge is 0.119 e. The van der Waals surface area contributed by atoms with Crippen molar-refractivity contribution in [1.29, 1.82) is 0 Å². The first kappa shape index (κ1) is 16.1. The van der Waals surface area contributed by atoms with E-state index in [-0.39, 0.29) is 0 Å². The lowest BCUT2D eigenvalue weighted by molar-refractivity contribution is 0.0561. The molecule has 1 aromatic rings. The number of methoxy groups -OCH3 is 1. The lowest BCUT2D eigenvalue weighted by Gasteiger charge is -2.32. The van der Waals surface area contributed by atoms with E-state index in [4.69, 9.17) is 9.47 Å². The zero-order valence-corrected chi connectivity index (χ0v) is 13.1. The Bertz CT molecular complexity index is 401. The highest BCUT2D eigenvalue weighted by atomic mass is 16.5. The number of likely N-dealkylation sites (N-methyl/N-ethyl adjacent to an activating group) is 1. The molecular formula is C17H27NO3. The molecule has 0 heterocycles. The van der Waals surface area contributed by atoms with Gasteiger partial charge in [0.2, 0.25) is 0 Å². The van der Waals surface area contributed by atoms with Crippen LogP contribution in [0.5, 0.6) is 11.5 Å². The average molecular weight is 293 g/mol. The normalized spacial score (nSPS) is 17.7. The van der Waals surface area contributed by atoms with Crippen LogP contribution < -0.4 is 9.47 Å². The first-order chi connectivity index (χ1) is 10.2. The molecule has 1 fully saturated rings. The number of benzene rings is 1. The first-order valence-electron chi connectivity index (χ1n) is 7.84. The fraction of sp³-hybridized carbons (Fsp3) is 0.647. The van der Waals surface area contributed by atoms with Gasteiger partial charge in [0.1, 0.15) is 24.2 Å². The van der Waals surface area contributed by atoms with Crippen molar-refractivity contribution in [2.75, 3.05) is 27.3 Å². The Kier molecular flexibility index (Phi) is 6.33. The average Bonchev–Trinajstić information content (AvgIpc) is 2.54. The second kappa shape index (κ2) is 8.25. The highest BCUT2D eigenvalue weighted by Gasteiger charge is 2.20. The van der Waals surface area contributed by atoms with Gasteiger partial charge in [-0.3, -0.25) is 0 Å². The van der Waals surface area contributed by atoms with Gasteiger partial charge in [-0.1, -0.05) is 19.3 Å². The number of rotatable bonds is 7. The number of ether oxygens (including phenoxy) is 2. The molecule has 0 aromatic heterocycles. The number of aliphatic hydroxyl groups is 1. The van der Waals surface area contributed by atoms with E-state index in [1.807, 2.05) is 24.3 Å². The summed E-state index contributed by atoms with van der Waals surface area (Å²) >= 11 is 0. The van der Waals surface area contributed by atoms with Gasteiger partial charge in [-0.15, -0.1) is 0 Å². The maximum atomic E-state index is 10.1. The monoisotopic (exact) mass is 293 g/mol. The van der Waals surface area contributed by atoms with Crippen LogP contribution in [0.15, 0.2) is 24.3 Å². The van der Waals surface area contributed by atoms with Gasteiger partial charge in [0, 0.05) is 12.6 Å². The Morgan fingerprint density at radius 2 is 1.76 bits per heavy atom. The quantitative estimate of drug-likeness (QED) is 0.839. The van der Waals surface area contributed by atoms with Gasteiger partial charge in [0.15, 0.2) is 0 Å². The summed E-state index contributed by atoms with van der Waals surface area (Å²) in [6.45, 7) is 0.990.